The van der Waals surface area contributed by atoms with Crippen molar-refractivity contribution in [2.75, 3.05) is 11.3 Å². The van der Waals surface area contributed by atoms with E-state index in [1.807, 2.05) is 6.92 Å². The lowest BCUT2D eigenvalue weighted by molar-refractivity contribution is -0.139. The molecule has 1 atom stereocenters. The Morgan fingerprint density at radius 2 is 1.74 bits per heavy atom. The van der Waals surface area contributed by atoms with Gasteiger partial charge < -0.3 is 14.3 Å². The lowest BCUT2D eigenvalue weighted by Gasteiger charge is -2.36. The van der Waals surface area contributed by atoms with Crippen LogP contribution in [0.25, 0.3) is 0 Å². The average Bonchev–Trinajstić information content (AvgIpc) is 2.73. The molecule has 9 heteroatoms. The Balaban J connectivity index is 2.38. The molecular formula is C26H37NO6SSi. The number of anilines is 1. The zero-order valence-electron chi connectivity index (χ0n) is 21.6. The molecule has 0 fully saturated rings. The second-order valence-corrected chi connectivity index (χ2v) is 16.5. The van der Waals surface area contributed by atoms with Gasteiger partial charge >= 0.3 is 5.97 Å². The van der Waals surface area contributed by atoms with Crippen LogP contribution in [0.15, 0.2) is 59.5 Å². The van der Waals surface area contributed by atoms with Gasteiger partial charge in [0, 0.05) is 12.5 Å². The predicted octanol–water partition coefficient (Wildman–Crippen LogP) is 5.72. The third kappa shape index (κ3) is 8.23. The monoisotopic (exact) mass is 519 g/mol. The molecule has 0 saturated heterocycles. The maximum atomic E-state index is 13.0. The van der Waals surface area contributed by atoms with Crippen molar-refractivity contribution in [1.82, 2.24) is 0 Å². The number of carbonyl (C=O) groups is 1. The SMILES string of the molecule is CC(=O)OC/C=C/CC(O)c1cc(O[Si](C)(C)C(C)(C)C)ccc1NS(=O)(=O)c1ccc(C)cc1. The van der Waals surface area contributed by atoms with Crippen molar-refractivity contribution in [2.24, 2.45) is 0 Å². The fourth-order valence-corrected chi connectivity index (χ4v) is 5.04. The first-order chi connectivity index (χ1) is 16.1. The maximum Gasteiger partial charge on any atom is 0.302 e. The smallest absolute Gasteiger partial charge is 0.302 e. The van der Waals surface area contributed by atoms with Crippen molar-refractivity contribution < 1.29 is 27.5 Å². The number of benzene rings is 2. The Bertz CT molecular complexity index is 1150. The first kappa shape index (κ1) is 28.6. The van der Waals surface area contributed by atoms with E-state index in [9.17, 15) is 18.3 Å². The van der Waals surface area contributed by atoms with Crippen LogP contribution in [0.3, 0.4) is 0 Å². The van der Waals surface area contributed by atoms with Gasteiger partial charge in [0.15, 0.2) is 0 Å². The number of aryl methyl sites for hydroxylation is 1. The highest BCUT2D eigenvalue weighted by Crippen LogP contribution is 2.39. The zero-order chi connectivity index (χ0) is 26.4. The topological polar surface area (TPSA) is 102 Å². The Hall–Kier alpha value is -2.62. The molecular weight excluding hydrogens is 482 g/mol. The lowest BCUT2D eigenvalue weighted by atomic mass is 10.0. The van der Waals surface area contributed by atoms with Crippen molar-refractivity contribution in [3.05, 3.63) is 65.7 Å². The summed E-state index contributed by atoms with van der Waals surface area (Å²) in [5.41, 5.74) is 1.62. The summed E-state index contributed by atoms with van der Waals surface area (Å²) in [7, 11) is -6.02. The van der Waals surface area contributed by atoms with E-state index in [2.05, 4.69) is 38.6 Å². The van der Waals surface area contributed by atoms with Crippen LogP contribution in [0.1, 0.15) is 51.3 Å². The fraction of sp³-hybridized carbons (Fsp3) is 0.423. The van der Waals surface area contributed by atoms with Crippen LogP contribution in [-0.4, -0.2) is 34.4 Å². The molecule has 2 aromatic carbocycles. The van der Waals surface area contributed by atoms with E-state index in [1.165, 1.54) is 6.92 Å². The second-order valence-electron chi connectivity index (χ2n) is 10.1. The van der Waals surface area contributed by atoms with E-state index in [4.69, 9.17) is 9.16 Å². The number of rotatable bonds is 10. The van der Waals surface area contributed by atoms with Crippen LogP contribution < -0.4 is 9.15 Å². The maximum absolute atomic E-state index is 13.0. The Morgan fingerprint density at radius 3 is 2.31 bits per heavy atom. The fourth-order valence-electron chi connectivity index (χ4n) is 2.93. The Kier molecular flexibility index (Phi) is 9.33. The standard InChI is InChI=1S/C26H37NO6SSi/c1-19-11-14-22(15-12-19)34(30,31)27-24-16-13-21(33-35(6,7)26(3,4)5)18-23(24)25(29)10-8-9-17-32-20(2)28/h8-9,11-16,18,25,27,29H,10,17H2,1-7H3/b9-8+. The van der Waals surface area contributed by atoms with Crippen LogP contribution in [0.2, 0.25) is 18.1 Å². The quantitative estimate of drug-likeness (QED) is 0.236. The van der Waals surface area contributed by atoms with Crippen molar-refractivity contribution in [3.8, 4) is 5.75 Å². The molecule has 0 amide bonds. The predicted molar refractivity (Wildman–Crippen MR) is 142 cm³/mol. The van der Waals surface area contributed by atoms with Crippen LogP contribution in [0.4, 0.5) is 5.69 Å². The van der Waals surface area contributed by atoms with Crippen LogP contribution in [0, 0.1) is 6.92 Å². The zero-order valence-corrected chi connectivity index (χ0v) is 23.4. The summed E-state index contributed by atoms with van der Waals surface area (Å²) in [5, 5.41) is 10.9. The average molecular weight is 520 g/mol. The first-order valence-corrected chi connectivity index (χ1v) is 15.9. The normalized spacial score (nSPS) is 13.5. The van der Waals surface area contributed by atoms with Gasteiger partial charge in [0.1, 0.15) is 12.4 Å². The number of hydrogen-bond donors (Lipinski definition) is 2. The summed E-state index contributed by atoms with van der Waals surface area (Å²) in [6.45, 7) is 13.9. The summed E-state index contributed by atoms with van der Waals surface area (Å²) in [4.78, 5) is 11.0. The van der Waals surface area contributed by atoms with Gasteiger partial charge in [0.2, 0.25) is 8.32 Å². The largest absolute Gasteiger partial charge is 0.543 e. The summed E-state index contributed by atoms with van der Waals surface area (Å²) in [6, 6.07) is 11.6. The van der Waals surface area contributed by atoms with Crippen molar-refractivity contribution in [2.45, 2.75) is 70.2 Å². The summed E-state index contributed by atoms with van der Waals surface area (Å²) in [5.74, 6) is 0.186. The molecule has 0 heterocycles. The molecule has 2 aromatic rings. The van der Waals surface area contributed by atoms with Gasteiger partial charge in [-0.1, -0.05) is 50.6 Å². The molecule has 0 aliphatic heterocycles. The number of esters is 1. The minimum atomic E-state index is -3.86. The highest BCUT2D eigenvalue weighted by molar-refractivity contribution is 7.92. The number of nitrogens with one attached hydrogen (secondary N) is 1. The van der Waals surface area contributed by atoms with E-state index < -0.39 is 30.4 Å². The molecule has 0 saturated carbocycles. The van der Waals surface area contributed by atoms with E-state index in [0.717, 1.165) is 5.56 Å². The van der Waals surface area contributed by atoms with Gasteiger partial charge in [-0.3, -0.25) is 9.52 Å². The molecule has 0 aliphatic carbocycles. The number of hydrogen-bond acceptors (Lipinski definition) is 6. The molecule has 192 valence electrons. The third-order valence-corrected chi connectivity index (χ3v) is 11.8. The molecule has 7 nitrogen and oxygen atoms in total. The number of aliphatic hydroxyl groups excluding tert-OH is 1. The summed E-state index contributed by atoms with van der Waals surface area (Å²) >= 11 is 0. The minimum absolute atomic E-state index is 0.0308. The molecule has 1 unspecified atom stereocenters. The van der Waals surface area contributed by atoms with Gasteiger partial charge in [-0.15, -0.1) is 0 Å². The summed E-state index contributed by atoms with van der Waals surface area (Å²) < 4.78 is 39.9. The molecule has 0 radical (unpaired) electrons. The second kappa shape index (κ2) is 11.4. The molecule has 2 rings (SSSR count). The number of aliphatic hydroxyl groups is 1. The molecule has 35 heavy (non-hydrogen) atoms. The van der Waals surface area contributed by atoms with Crippen molar-refractivity contribution >= 4 is 30.0 Å². The first-order valence-electron chi connectivity index (χ1n) is 11.5. The van der Waals surface area contributed by atoms with Crippen LogP contribution in [0.5, 0.6) is 5.75 Å². The van der Waals surface area contributed by atoms with Gasteiger partial charge in [0.05, 0.1) is 16.7 Å². The molecule has 0 aliphatic rings. The Morgan fingerprint density at radius 1 is 1.11 bits per heavy atom. The third-order valence-electron chi connectivity index (χ3n) is 6.05. The molecule has 0 bridgehead atoms. The Labute approximate surface area is 210 Å². The highest BCUT2D eigenvalue weighted by Gasteiger charge is 2.39. The van der Waals surface area contributed by atoms with E-state index in [0.29, 0.717) is 11.3 Å². The number of ether oxygens (including phenoxy) is 1. The molecule has 2 N–H and O–H groups in total. The van der Waals surface area contributed by atoms with Gasteiger partial charge in [-0.2, -0.15) is 0 Å². The summed E-state index contributed by atoms with van der Waals surface area (Å²) in [6.07, 6.45) is 2.51. The van der Waals surface area contributed by atoms with Gasteiger partial charge in [0.25, 0.3) is 10.0 Å². The molecule has 0 spiro atoms. The number of carbonyl (C=O) groups excluding carboxylic acids is 1. The van der Waals surface area contributed by atoms with E-state index >= 15 is 0 Å². The van der Waals surface area contributed by atoms with Gasteiger partial charge in [-0.25, -0.2) is 8.42 Å². The van der Waals surface area contributed by atoms with Crippen molar-refractivity contribution in [1.29, 1.82) is 0 Å². The van der Waals surface area contributed by atoms with Crippen LogP contribution in [-0.2, 0) is 19.6 Å². The minimum Gasteiger partial charge on any atom is -0.543 e. The van der Waals surface area contributed by atoms with Crippen molar-refractivity contribution in [3.63, 3.8) is 0 Å². The lowest BCUT2D eigenvalue weighted by Crippen LogP contribution is -2.43. The highest BCUT2D eigenvalue weighted by atomic mass is 32.2. The molecule has 0 aromatic heterocycles. The number of sulfonamides is 1. The van der Waals surface area contributed by atoms with E-state index in [1.54, 1.807) is 54.6 Å². The van der Waals surface area contributed by atoms with Crippen LogP contribution >= 0.6 is 0 Å². The van der Waals surface area contributed by atoms with E-state index in [-0.39, 0.29) is 28.6 Å². The van der Waals surface area contributed by atoms with Gasteiger partial charge in [-0.05, 0) is 61.8 Å².